The van der Waals surface area contributed by atoms with Crippen LogP contribution in [-0.2, 0) is 11.2 Å². The number of pyridine rings is 1. The first-order valence-electron chi connectivity index (χ1n) is 13.0. The predicted octanol–water partition coefficient (Wildman–Crippen LogP) is 3.64. The van der Waals surface area contributed by atoms with Gasteiger partial charge in [0.05, 0.1) is 23.2 Å². The van der Waals surface area contributed by atoms with Crippen molar-refractivity contribution in [1.82, 2.24) is 15.6 Å². The summed E-state index contributed by atoms with van der Waals surface area (Å²) in [5, 5.41) is 14.3. The van der Waals surface area contributed by atoms with Crippen LogP contribution in [0.2, 0.25) is 0 Å². The third-order valence-electron chi connectivity index (χ3n) is 5.40. The first-order valence-corrected chi connectivity index (χ1v) is 13.0. The number of hydrogen-bond donors (Lipinski definition) is 4. The van der Waals surface area contributed by atoms with E-state index in [1.807, 2.05) is 39.9 Å². The van der Waals surface area contributed by atoms with E-state index in [4.69, 9.17) is 26.2 Å². The highest BCUT2D eigenvalue weighted by atomic mass is 19.1. The van der Waals surface area contributed by atoms with Crippen LogP contribution in [0.1, 0.15) is 56.1 Å². The highest BCUT2D eigenvalue weighted by Gasteiger charge is 2.22. The first-order chi connectivity index (χ1) is 19.6. The number of aliphatic imine (C=N–C) groups is 1. The highest BCUT2D eigenvalue weighted by Crippen LogP contribution is 2.34. The Morgan fingerprint density at radius 2 is 1.81 bits per heavy atom. The van der Waals surface area contributed by atoms with Crippen molar-refractivity contribution < 1.29 is 28.2 Å². The van der Waals surface area contributed by atoms with Crippen LogP contribution in [0, 0.1) is 18.6 Å². The number of aromatic nitrogens is 1. The van der Waals surface area contributed by atoms with E-state index in [-0.39, 0.29) is 28.3 Å². The van der Waals surface area contributed by atoms with Crippen molar-refractivity contribution in [3.63, 3.8) is 0 Å². The van der Waals surface area contributed by atoms with Crippen LogP contribution in [-0.4, -0.2) is 54.9 Å². The van der Waals surface area contributed by atoms with Crippen molar-refractivity contribution >= 4 is 44.6 Å². The Morgan fingerprint density at radius 3 is 2.40 bits per heavy atom. The molecule has 0 fully saturated rings. The van der Waals surface area contributed by atoms with Crippen molar-refractivity contribution in [1.29, 1.82) is 0 Å². The zero-order valence-corrected chi connectivity index (χ0v) is 24.4. The number of halogens is 2. The van der Waals surface area contributed by atoms with Crippen LogP contribution in [0.15, 0.2) is 53.4 Å². The van der Waals surface area contributed by atoms with Gasteiger partial charge in [-0.15, -0.1) is 0 Å². The summed E-state index contributed by atoms with van der Waals surface area (Å²) in [6.45, 7) is 10.9. The van der Waals surface area contributed by atoms with E-state index in [1.54, 1.807) is 0 Å². The Kier molecular flexibility index (Phi) is 11.4. The number of amides is 2. The number of benzene rings is 2. The second-order valence-electron chi connectivity index (χ2n) is 9.97. The molecule has 0 aliphatic carbocycles. The molecule has 218 valence electrons. The van der Waals surface area contributed by atoms with E-state index >= 15 is 8.78 Å². The van der Waals surface area contributed by atoms with Crippen LogP contribution in [0.25, 0.3) is 10.9 Å². The molecular weight excluding hydrogens is 542 g/mol. The fraction of sp³-hybridized carbons (Fsp3) is 0.310. The minimum Gasteiger partial charge on any atom is -0.456 e. The van der Waals surface area contributed by atoms with Gasteiger partial charge in [0.25, 0.3) is 5.91 Å². The Bertz CT molecular complexity index is 1520. The molecule has 1 heterocycles. The van der Waals surface area contributed by atoms with E-state index in [9.17, 15) is 14.7 Å². The monoisotopic (exact) mass is 575 g/mol. The zero-order chi connectivity index (χ0) is 31.8. The molecule has 0 unspecified atom stereocenters. The number of nitrogens with zero attached hydrogens (tertiary/aromatic N) is 2. The van der Waals surface area contributed by atoms with Gasteiger partial charge in [-0.1, -0.05) is 13.8 Å². The third-order valence-corrected chi connectivity index (χ3v) is 5.40. The van der Waals surface area contributed by atoms with Gasteiger partial charge in [0, 0.05) is 52.3 Å². The maximum Gasteiger partial charge on any atom is 0.252 e. The van der Waals surface area contributed by atoms with Gasteiger partial charge in [-0.05, 0) is 52.0 Å². The van der Waals surface area contributed by atoms with Gasteiger partial charge in [-0.3, -0.25) is 19.6 Å². The Balaban J connectivity index is 0.00000301. The van der Waals surface area contributed by atoms with Crippen molar-refractivity contribution in [2.75, 3.05) is 0 Å². The van der Waals surface area contributed by atoms with Crippen LogP contribution < -0.4 is 21.1 Å². The van der Waals surface area contributed by atoms with Gasteiger partial charge >= 0.3 is 0 Å². The molecule has 42 heavy (non-hydrogen) atoms. The lowest BCUT2D eigenvalue weighted by molar-refractivity contribution is -0.119. The summed E-state index contributed by atoms with van der Waals surface area (Å²) in [6, 6.07) is 6.74. The number of rotatable bonds is 8. The maximum atomic E-state index is 15.3. The van der Waals surface area contributed by atoms with E-state index in [0.717, 1.165) is 12.3 Å². The maximum absolute atomic E-state index is 15.3. The van der Waals surface area contributed by atoms with E-state index in [1.165, 1.54) is 43.6 Å². The van der Waals surface area contributed by atoms with Gasteiger partial charge < -0.3 is 26.2 Å². The number of carbonyl (C=O) groups is 2. The number of nitrogens with one attached hydrogen (secondary N) is 2. The zero-order valence-electron chi connectivity index (χ0n) is 24.4. The number of ether oxygens (including phenoxy) is 1. The van der Waals surface area contributed by atoms with Gasteiger partial charge in [-0.2, -0.15) is 0 Å². The molecule has 2 amide bonds. The largest absolute Gasteiger partial charge is 0.456 e. The number of nitrogens with two attached hydrogens (primary N) is 1. The molecule has 3 rings (SSSR count). The molecule has 3 aromatic rings. The van der Waals surface area contributed by atoms with Crippen molar-refractivity contribution in [3.8, 4) is 11.5 Å². The van der Waals surface area contributed by atoms with Gasteiger partial charge in [0.1, 0.15) is 38.8 Å². The molecule has 13 heteroatoms. The standard InChI is InChI=1S/C27H27B2F2N5O4.C2H6/c1-14-22(11-19(30)17(24(14)31)10-23(37)35-16(12-32)13-34-26(2,3)4)40-21-7-8-33-20-6-5-15(9-18(20)21)25(38)36-27(28,29)39;1-2/h5-9,11-13,39H,10,32H2,1-4H3,(H,35,37)(H,36,38);1-2H3/b16-12+,34-13?;. The minimum absolute atomic E-state index is 0.0525. The number of allylic oxidation sites excluding steroid dienone is 1. The number of aliphatic hydroxyl groups is 1. The average molecular weight is 575 g/mol. The Hall–Kier alpha value is -4.25. The molecule has 9 nitrogen and oxygen atoms in total. The second kappa shape index (κ2) is 14.1. The van der Waals surface area contributed by atoms with Gasteiger partial charge in [-0.25, -0.2) is 8.78 Å². The fourth-order valence-electron chi connectivity index (χ4n) is 3.49. The highest BCUT2D eigenvalue weighted by molar-refractivity contribution is 6.39. The lowest BCUT2D eigenvalue weighted by atomic mass is 9.73. The number of fused-ring (bicyclic) bond motifs is 1. The summed E-state index contributed by atoms with van der Waals surface area (Å²) in [4.78, 5) is 33.3. The summed E-state index contributed by atoms with van der Waals surface area (Å²) >= 11 is 0. The van der Waals surface area contributed by atoms with Gasteiger partial charge in [0.2, 0.25) is 5.91 Å². The summed E-state index contributed by atoms with van der Waals surface area (Å²) in [6.07, 6.45) is 3.31. The van der Waals surface area contributed by atoms with Crippen LogP contribution in [0.3, 0.4) is 0 Å². The molecule has 0 saturated carbocycles. The van der Waals surface area contributed by atoms with Crippen LogP contribution in [0.5, 0.6) is 11.5 Å². The molecule has 4 radical (unpaired) electrons. The molecule has 0 aliphatic heterocycles. The smallest absolute Gasteiger partial charge is 0.252 e. The second-order valence-corrected chi connectivity index (χ2v) is 9.97. The van der Waals surface area contributed by atoms with E-state index < -0.39 is 46.5 Å². The predicted molar refractivity (Wildman–Crippen MR) is 161 cm³/mol. The SMILES string of the molecule is CC.[B]C([B])(O)NC(=O)c1ccc2nccc(Oc3cc(F)c(CC(=O)N/C(C=NC(C)(C)C)=C/N)c(F)c3C)c2c1. The summed E-state index contributed by atoms with van der Waals surface area (Å²) < 4.78 is 36.1. The minimum atomic E-state index is -2.44. The molecular formula is C29H33B2F2N5O4. The molecule has 1 aromatic heterocycles. The number of carbonyl (C=O) groups excluding carboxylic acids is 2. The quantitative estimate of drug-likeness (QED) is 0.184. The molecule has 0 saturated heterocycles. The lowest BCUT2D eigenvalue weighted by Crippen LogP contribution is -2.49. The first kappa shape index (κ1) is 34.0. The van der Waals surface area contributed by atoms with Crippen LogP contribution in [0.4, 0.5) is 8.78 Å². The molecule has 0 aliphatic rings. The summed E-state index contributed by atoms with van der Waals surface area (Å²) in [5.74, 6) is -3.46. The molecule has 5 N–H and O–H groups in total. The fourth-order valence-corrected chi connectivity index (χ4v) is 3.49. The molecule has 2 aromatic carbocycles. The van der Waals surface area contributed by atoms with E-state index in [0.29, 0.717) is 10.9 Å². The number of hydrogen-bond acceptors (Lipinski definition) is 7. The topological polar surface area (TPSA) is 139 Å². The summed E-state index contributed by atoms with van der Waals surface area (Å²) in [5.41, 5.74) is 2.82. The normalized spacial score (nSPS) is 12.1. The third kappa shape index (κ3) is 9.41. The van der Waals surface area contributed by atoms with E-state index in [2.05, 4.69) is 15.3 Å². The Morgan fingerprint density at radius 1 is 1.14 bits per heavy atom. The average Bonchev–Trinajstić information content (AvgIpc) is 2.91. The summed E-state index contributed by atoms with van der Waals surface area (Å²) in [7, 11) is 10.4. The van der Waals surface area contributed by atoms with Crippen molar-refractivity contribution in [2.45, 2.75) is 59.0 Å². The van der Waals surface area contributed by atoms with Crippen molar-refractivity contribution in [2.24, 2.45) is 10.7 Å². The Labute approximate surface area is 246 Å². The molecule has 0 spiro atoms. The van der Waals surface area contributed by atoms with Gasteiger partial charge in [0.15, 0.2) is 0 Å². The molecule has 0 bridgehead atoms. The van der Waals surface area contributed by atoms with Crippen LogP contribution >= 0.6 is 0 Å². The van der Waals surface area contributed by atoms with Crippen molar-refractivity contribution in [3.05, 3.63) is 76.8 Å². The molecule has 0 atom stereocenters. The lowest BCUT2D eigenvalue weighted by Gasteiger charge is -2.20.